The first kappa shape index (κ1) is 13.3. The van der Waals surface area contributed by atoms with Crippen LogP contribution in [0.15, 0.2) is 12.1 Å². The Kier molecular flexibility index (Phi) is 4.63. The maximum atomic E-state index is 6.12. The van der Waals surface area contributed by atoms with E-state index >= 15 is 0 Å². The molecule has 90 valence electrons. The summed E-state index contributed by atoms with van der Waals surface area (Å²) in [6.45, 7) is 8.71. The molecule has 0 spiro atoms. The van der Waals surface area contributed by atoms with E-state index in [0.717, 1.165) is 21.9 Å². The van der Waals surface area contributed by atoms with Crippen molar-refractivity contribution in [2.45, 2.75) is 39.7 Å². The van der Waals surface area contributed by atoms with Gasteiger partial charge in [0.05, 0.1) is 0 Å². The van der Waals surface area contributed by atoms with Gasteiger partial charge in [-0.15, -0.1) is 0 Å². The van der Waals surface area contributed by atoms with Crippen LogP contribution in [-0.4, -0.2) is 12.6 Å². The molecule has 0 aliphatic heterocycles. The molecule has 0 heterocycles. The first-order chi connectivity index (χ1) is 7.45. The van der Waals surface area contributed by atoms with Gasteiger partial charge in [0, 0.05) is 11.6 Å². The van der Waals surface area contributed by atoms with Crippen molar-refractivity contribution >= 4 is 11.6 Å². The van der Waals surface area contributed by atoms with E-state index in [1.54, 1.807) is 0 Å². The molecule has 0 bridgehead atoms. The largest absolute Gasteiger partial charge is 0.489 e. The quantitative estimate of drug-likeness (QED) is 0.876. The van der Waals surface area contributed by atoms with Crippen LogP contribution in [0.2, 0.25) is 5.02 Å². The summed E-state index contributed by atoms with van der Waals surface area (Å²) in [7, 11) is 0. The second-order valence-corrected chi connectivity index (χ2v) is 4.87. The molecule has 1 aromatic carbocycles. The molecule has 2 nitrogen and oxygen atoms in total. The van der Waals surface area contributed by atoms with E-state index < -0.39 is 0 Å². The van der Waals surface area contributed by atoms with Gasteiger partial charge in [0.15, 0.2) is 0 Å². The van der Waals surface area contributed by atoms with Crippen molar-refractivity contribution in [2.75, 3.05) is 6.54 Å². The summed E-state index contributed by atoms with van der Waals surface area (Å²) >= 11 is 6.12. The predicted molar refractivity (Wildman–Crippen MR) is 69.4 cm³/mol. The number of rotatable bonds is 4. The number of benzene rings is 1. The first-order valence-electron chi connectivity index (χ1n) is 5.62. The van der Waals surface area contributed by atoms with Gasteiger partial charge in [-0.25, -0.2) is 0 Å². The minimum Gasteiger partial charge on any atom is -0.489 e. The van der Waals surface area contributed by atoms with E-state index in [9.17, 15) is 0 Å². The fraction of sp³-hybridized carbons (Fsp3) is 0.538. The van der Waals surface area contributed by atoms with Gasteiger partial charge in [0.2, 0.25) is 0 Å². The van der Waals surface area contributed by atoms with Gasteiger partial charge in [0.25, 0.3) is 0 Å². The van der Waals surface area contributed by atoms with Gasteiger partial charge < -0.3 is 10.5 Å². The molecule has 2 N–H and O–H groups in total. The van der Waals surface area contributed by atoms with Crippen LogP contribution in [0.4, 0.5) is 0 Å². The normalized spacial score (nSPS) is 12.9. The van der Waals surface area contributed by atoms with Crippen LogP contribution in [-0.2, 0) is 0 Å². The molecule has 3 heteroatoms. The van der Waals surface area contributed by atoms with Crippen molar-refractivity contribution in [1.29, 1.82) is 0 Å². The van der Waals surface area contributed by atoms with Crippen LogP contribution in [0, 0.1) is 6.92 Å². The highest BCUT2D eigenvalue weighted by Crippen LogP contribution is 2.32. The van der Waals surface area contributed by atoms with Gasteiger partial charge in [-0.1, -0.05) is 25.4 Å². The van der Waals surface area contributed by atoms with Crippen molar-refractivity contribution in [1.82, 2.24) is 0 Å². The smallest absolute Gasteiger partial charge is 0.123 e. The molecule has 1 atom stereocenters. The number of hydrogen-bond acceptors (Lipinski definition) is 2. The fourth-order valence-electron chi connectivity index (χ4n) is 1.49. The van der Waals surface area contributed by atoms with E-state index in [1.807, 2.05) is 26.0 Å². The van der Waals surface area contributed by atoms with Gasteiger partial charge >= 0.3 is 0 Å². The second-order valence-electron chi connectivity index (χ2n) is 4.46. The molecule has 0 saturated heterocycles. The Morgan fingerprint density at radius 3 is 2.44 bits per heavy atom. The van der Waals surface area contributed by atoms with E-state index in [2.05, 4.69) is 13.8 Å². The molecule has 1 unspecified atom stereocenters. The predicted octanol–water partition coefficient (Wildman–Crippen LogP) is 3.50. The third-order valence-electron chi connectivity index (χ3n) is 2.57. The average molecular weight is 242 g/mol. The summed E-state index contributed by atoms with van der Waals surface area (Å²) in [6.07, 6.45) is 0.0260. The molecular formula is C13H20ClNO. The third kappa shape index (κ3) is 3.13. The lowest BCUT2D eigenvalue weighted by molar-refractivity contribution is 0.227. The summed E-state index contributed by atoms with van der Waals surface area (Å²) in [5.74, 6) is 1.29. The Morgan fingerprint density at radius 1 is 1.31 bits per heavy atom. The van der Waals surface area contributed by atoms with Gasteiger partial charge in [-0.3, -0.25) is 0 Å². The number of hydrogen-bond donors (Lipinski definition) is 1. The molecular weight excluding hydrogens is 222 g/mol. The number of aryl methyl sites for hydroxylation is 1. The van der Waals surface area contributed by atoms with Gasteiger partial charge in [-0.2, -0.15) is 0 Å². The molecule has 0 aromatic heterocycles. The highest BCUT2D eigenvalue weighted by Gasteiger charge is 2.12. The Morgan fingerprint density at radius 2 is 1.94 bits per heavy atom. The van der Waals surface area contributed by atoms with E-state index in [4.69, 9.17) is 22.1 Å². The molecule has 0 saturated carbocycles. The number of ether oxygens (including phenoxy) is 1. The molecule has 1 rings (SSSR count). The van der Waals surface area contributed by atoms with Crippen LogP contribution < -0.4 is 10.5 Å². The van der Waals surface area contributed by atoms with E-state index in [0.29, 0.717) is 12.5 Å². The average Bonchev–Trinajstić information content (AvgIpc) is 2.22. The molecule has 0 fully saturated rings. The lowest BCUT2D eigenvalue weighted by atomic mass is 10.0. The highest BCUT2D eigenvalue weighted by atomic mass is 35.5. The summed E-state index contributed by atoms with van der Waals surface area (Å²) in [4.78, 5) is 0. The topological polar surface area (TPSA) is 35.2 Å². The molecule has 1 aromatic rings. The minimum atomic E-state index is 0.0260. The summed E-state index contributed by atoms with van der Waals surface area (Å²) in [6, 6.07) is 3.98. The standard InChI is InChI=1S/C13H20ClNO/c1-8(2)11-6-12(14)9(3)5-13(11)16-10(4)7-15/h5-6,8,10H,7,15H2,1-4H3. The lowest BCUT2D eigenvalue weighted by Crippen LogP contribution is -2.23. The van der Waals surface area contributed by atoms with Crippen LogP contribution in [0.1, 0.15) is 37.8 Å². The Bertz CT molecular complexity index is 363. The summed E-state index contributed by atoms with van der Waals surface area (Å²) in [5, 5.41) is 0.788. The Labute approximate surface area is 103 Å². The summed E-state index contributed by atoms with van der Waals surface area (Å²) < 4.78 is 5.81. The van der Waals surface area contributed by atoms with Crippen molar-refractivity contribution in [3.63, 3.8) is 0 Å². The van der Waals surface area contributed by atoms with Crippen molar-refractivity contribution in [3.8, 4) is 5.75 Å². The lowest BCUT2D eigenvalue weighted by Gasteiger charge is -2.19. The second kappa shape index (κ2) is 5.55. The molecule has 0 aliphatic rings. The van der Waals surface area contributed by atoms with Crippen molar-refractivity contribution in [2.24, 2.45) is 5.73 Å². The molecule has 0 radical (unpaired) electrons. The van der Waals surface area contributed by atoms with Crippen molar-refractivity contribution in [3.05, 3.63) is 28.3 Å². The zero-order chi connectivity index (χ0) is 12.3. The van der Waals surface area contributed by atoms with E-state index in [-0.39, 0.29) is 6.10 Å². The third-order valence-corrected chi connectivity index (χ3v) is 2.98. The molecule has 16 heavy (non-hydrogen) atoms. The first-order valence-corrected chi connectivity index (χ1v) is 6.00. The fourth-order valence-corrected chi connectivity index (χ4v) is 1.66. The van der Waals surface area contributed by atoms with Crippen LogP contribution >= 0.6 is 11.6 Å². The monoisotopic (exact) mass is 241 g/mol. The van der Waals surface area contributed by atoms with Gasteiger partial charge in [-0.05, 0) is 43.0 Å². The SMILES string of the molecule is Cc1cc(OC(C)CN)c(C(C)C)cc1Cl. The Hall–Kier alpha value is -0.730. The maximum Gasteiger partial charge on any atom is 0.123 e. The number of nitrogens with two attached hydrogens (primary N) is 1. The Balaban J connectivity index is 3.09. The molecule has 0 aliphatic carbocycles. The zero-order valence-corrected chi connectivity index (χ0v) is 11.1. The highest BCUT2D eigenvalue weighted by molar-refractivity contribution is 6.31. The van der Waals surface area contributed by atoms with Crippen molar-refractivity contribution < 1.29 is 4.74 Å². The van der Waals surface area contributed by atoms with E-state index in [1.165, 1.54) is 0 Å². The minimum absolute atomic E-state index is 0.0260. The van der Waals surface area contributed by atoms with Crippen LogP contribution in [0.5, 0.6) is 5.75 Å². The zero-order valence-electron chi connectivity index (χ0n) is 10.4. The van der Waals surface area contributed by atoms with Gasteiger partial charge in [0.1, 0.15) is 11.9 Å². The molecule has 0 amide bonds. The maximum absolute atomic E-state index is 6.12. The van der Waals surface area contributed by atoms with Crippen LogP contribution in [0.25, 0.3) is 0 Å². The van der Waals surface area contributed by atoms with Crippen LogP contribution in [0.3, 0.4) is 0 Å². The summed E-state index contributed by atoms with van der Waals surface area (Å²) in [5.41, 5.74) is 7.73. The number of halogens is 1.